The number of hydrogen-bond donors (Lipinski definition) is 0. The van der Waals surface area contributed by atoms with Gasteiger partial charge in [0.05, 0.1) is 44.1 Å². The van der Waals surface area contributed by atoms with Gasteiger partial charge in [-0.25, -0.2) is 0 Å². The Morgan fingerprint density at radius 1 is 0.110 bits per heavy atom. The minimum atomic E-state index is 1.15. The summed E-state index contributed by atoms with van der Waals surface area (Å²) >= 11 is 0. The number of benzene rings is 16. The third-order valence-corrected chi connectivity index (χ3v) is 20.2. The number of hydrogen-bond acceptors (Lipinski definition) is 0. The average Bonchev–Trinajstić information content (AvgIpc) is 1.60. The van der Waals surface area contributed by atoms with E-state index in [0.717, 1.165) is 11.4 Å². The molecule has 0 amide bonds. The lowest BCUT2D eigenvalue weighted by Gasteiger charge is -2.11. The average molecular weight is 1270 g/mol. The van der Waals surface area contributed by atoms with Crippen LogP contribution in [-0.2, 0) is 0 Å². The Morgan fingerprint density at radius 3 is 0.580 bits per heavy atom. The van der Waals surface area contributed by atoms with Gasteiger partial charge in [-0.05, 0) is 200 Å². The van der Waals surface area contributed by atoms with Crippen LogP contribution in [0.25, 0.3) is 177 Å². The topological polar surface area (TPSA) is 19.7 Å². The molecule has 4 aromatic heterocycles. The summed E-state index contributed by atoms with van der Waals surface area (Å²) in [6.45, 7) is 0. The minimum Gasteiger partial charge on any atom is -0.309 e. The molecule has 0 radical (unpaired) electrons. The summed E-state index contributed by atoms with van der Waals surface area (Å²) in [4.78, 5) is 0. The van der Waals surface area contributed by atoms with E-state index in [2.05, 4.69) is 407 Å². The largest absolute Gasteiger partial charge is 0.309 e. The molecule has 0 bridgehead atoms. The fourth-order valence-corrected chi connectivity index (χ4v) is 15.5. The zero-order chi connectivity index (χ0) is 66.0. The smallest absolute Gasteiger partial charge is 0.0541 e. The van der Waals surface area contributed by atoms with Crippen molar-refractivity contribution in [1.82, 2.24) is 18.3 Å². The predicted molar refractivity (Wildman–Crippen MR) is 423 cm³/mol. The molecule has 0 unspecified atom stereocenters. The Morgan fingerprint density at radius 2 is 0.300 bits per heavy atom. The quantitative estimate of drug-likeness (QED) is 0.130. The first-order valence-corrected chi connectivity index (χ1v) is 34.4. The summed E-state index contributed by atoms with van der Waals surface area (Å²) in [6, 6.07) is 141. The van der Waals surface area contributed by atoms with Gasteiger partial charge in [-0.3, -0.25) is 0 Å². The predicted octanol–water partition coefficient (Wildman–Crippen LogP) is 25.8. The number of fused-ring (bicyclic) bond motifs is 12. The molecule has 0 aliphatic rings. The Kier molecular flexibility index (Phi) is 14.2. The lowest BCUT2D eigenvalue weighted by molar-refractivity contribution is 1.18. The summed E-state index contributed by atoms with van der Waals surface area (Å²) in [5.41, 5.74) is 29.0. The summed E-state index contributed by atoms with van der Waals surface area (Å²) in [5.74, 6) is 0. The Labute approximate surface area is 579 Å². The normalized spacial score (nSPS) is 11.6. The molecule has 20 aromatic rings. The maximum absolute atomic E-state index is 2.40. The molecule has 0 saturated heterocycles. The molecule has 0 fully saturated rings. The van der Waals surface area contributed by atoms with E-state index in [9.17, 15) is 0 Å². The highest BCUT2D eigenvalue weighted by molar-refractivity contribution is 6.15. The standard InChI is InChI=1S/2C48H32N2/c2*1-3-12-33(13-4-1)35-14-11-15-36(30-35)34-22-26-40(27-23-34)50-46-21-10-8-19-42(46)44-32-38(25-29-48(44)50)37-24-28-47-43(31-37)41-18-7-9-20-45(41)49(47)39-16-5-2-6-17-39/h2*1-32H. The van der Waals surface area contributed by atoms with Crippen molar-refractivity contribution in [3.05, 3.63) is 388 Å². The molecule has 4 heteroatoms. The van der Waals surface area contributed by atoms with Crippen LogP contribution in [0.15, 0.2) is 388 Å². The molecular formula is C96H64N4. The van der Waals surface area contributed by atoms with Crippen LogP contribution in [-0.4, -0.2) is 18.3 Å². The minimum absolute atomic E-state index is 1.15. The highest BCUT2D eigenvalue weighted by atomic mass is 15.0. The summed E-state index contributed by atoms with van der Waals surface area (Å²) in [6.07, 6.45) is 0. The first-order valence-electron chi connectivity index (χ1n) is 34.4. The van der Waals surface area contributed by atoms with Gasteiger partial charge >= 0.3 is 0 Å². The van der Waals surface area contributed by atoms with Crippen molar-refractivity contribution in [3.8, 4) is 89.5 Å². The third-order valence-electron chi connectivity index (χ3n) is 20.2. The molecule has 16 aromatic carbocycles. The summed E-state index contributed by atoms with van der Waals surface area (Å²) in [5, 5.41) is 10.1. The van der Waals surface area contributed by atoms with Crippen molar-refractivity contribution < 1.29 is 0 Å². The van der Waals surface area contributed by atoms with Gasteiger partial charge in [0.25, 0.3) is 0 Å². The highest BCUT2D eigenvalue weighted by Crippen LogP contribution is 2.42. The fourth-order valence-electron chi connectivity index (χ4n) is 15.5. The monoisotopic (exact) mass is 1270 g/mol. The van der Waals surface area contributed by atoms with Crippen molar-refractivity contribution >= 4 is 87.2 Å². The third kappa shape index (κ3) is 10.1. The van der Waals surface area contributed by atoms with E-state index in [1.54, 1.807) is 0 Å². The molecule has 0 aliphatic heterocycles. The molecular weight excluding hydrogens is 1210 g/mol. The molecule has 0 aliphatic carbocycles. The lowest BCUT2D eigenvalue weighted by atomic mass is 9.99. The molecule has 20 rings (SSSR count). The molecule has 4 nitrogen and oxygen atoms in total. The van der Waals surface area contributed by atoms with Gasteiger partial charge in [-0.1, -0.05) is 255 Å². The summed E-state index contributed by atoms with van der Waals surface area (Å²) < 4.78 is 9.54. The van der Waals surface area contributed by atoms with Crippen molar-refractivity contribution in [2.75, 3.05) is 0 Å². The van der Waals surface area contributed by atoms with Crippen LogP contribution in [0.1, 0.15) is 0 Å². The van der Waals surface area contributed by atoms with Gasteiger partial charge in [-0.2, -0.15) is 0 Å². The van der Waals surface area contributed by atoms with E-state index in [1.165, 1.54) is 165 Å². The molecule has 0 saturated carbocycles. The van der Waals surface area contributed by atoms with E-state index in [-0.39, 0.29) is 0 Å². The van der Waals surface area contributed by atoms with Crippen LogP contribution >= 0.6 is 0 Å². The second kappa shape index (κ2) is 24.4. The van der Waals surface area contributed by atoms with Crippen molar-refractivity contribution in [1.29, 1.82) is 0 Å². The van der Waals surface area contributed by atoms with E-state index in [1.807, 2.05) is 0 Å². The van der Waals surface area contributed by atoms with Crippen molar-refractivity contribution in [2.45, 2.75) is 0 Å². The zero-order valence-electron chi connectivity index (χ0n) is 54.7. The molecule has 0 N–H and O–H groups in total. The molecule has 100 heavy (non-hydrogen) atoms. The van der Waals surface area contributed by atoms with E-state index < -0.39 is 0 Å². The molecule has 468 valence electrons. The van der Waals surface area contributed by atoms with Gasteiger partial charge in [0, 0.05) is 65.8 Å². The number of para-hydroxylation sites is 6. The fraction of sp³-hybridized carbons (Fsp3) is 0. The number of aromatic nitrogens is 4. The first kappa shape index (κ1) is 58.1. The van der Waals surface area contributed by atoms with Crippen LogP contribution in [0.2, 0.25) is 0 Å². The SMILES string of the molecule is c1ccc(-c2cccc(-c3ccc(-n4c5ccccc5c5cc(-c6ccc7c(c6)c6ccccc6n7-c6ccccc6)ccc54)cc3)c2)cc1.c1ccc(-c2cccc(-c3ccc(-n4c5ccccc5c5cc(-c6ccc7c(c6)c6ccccc6n7-c6ccccc6)ccc54)cc3)c2)cc1. The van der Waals surface area contributed by atoms with Crippen LogP contribution in [0.5, 0.6) is 0 Å². The van der Waals surface area contributed by atoms with E-state index >= 15 is 0 Å². The maximum Gasteiger partial charge on any atom is 0.0541 e. The van der Waals surface area contributed by atoms with Crippen LogP contribution < -0.4 is 0 Å². The van der Waals surface area contributed by atoms with Gasteiger partial charge in [0.1, 0.15) is 0 Å². The van der Waals surface area contributed by atoms with Gasteiger partial charge in [-0.15, -0.1) is 0 Å². The van der Waals surface area contributed by atoms with Crippen LogP contribution in [0.3, 0.4) is 0 Å². The Hall–Kier alpha value is -13.3. The van der Waals surface area contributed by atoms with E-state index in [0.29, 0.717) is 0 Å². The second-order valence-electron chi connectivity index (χ2n) is 26.0. The van der Waals surface area contributed by atoms with Crippen molar-refractivity contribution in [2.24, 2.45) is 0 Å². The number of nitrogens with zero attached hydrogens (tertiary/aromatic N) is 4. The molecule has 4 heterocycles. The second-order valence-corrected chi connectivity index (χ2v) is 26.0. The Balaban J connectivity index is 0.000000139. The highest BCUT2D eigenvalue weighted by Gasteiger charge is 2.20. The Bertz CT molecular complexity index is 6070. The van der Waals surface area contributed by atoms with Gasteiger partial charge in [0.2, 0.25) is 0 Å². The first-order chi connectivity index (χ1) is 49.6. The van der Waals surface area contributed by atoms with Gasteiger partial charge < -0.3 is 18.3 Å². The van der Waals surface area contributed by atoms with Crippen LogP contribution in [0.4, 0.5) is 0 Å². The van der Waals surface area contributed by atoms with E-state index in [4.69, 9.17) is 0 Å². The molecule has 0 spiro atoms. The van der Waals surface area contributed by atoms with Gasteiger partial charge in [0.15, 0.2) is 0 Å². The zero-order valence-corrected chi connectivity index (χ0v) is 54.7. The number of rotatable bonds is 10. The van der Waals surface area contributed by atoms with Crippen LogP contribution in [0, 0.1) is 0 Å². The van der Waals surface area contributed by atoms with Crippen molar-refractivity contribution in [3.63, 3.8) is 0 Å². The summed E-state index contributed by atoms with van der Waals surface area (Å²) in [7, 11) is 0. The molecule has 0 atom stereocenters. The maximum atomic E-state index is 2.40. The lowest BCUT2D eigenvalue weighted by Crippen LogP contribution is -1.94.